The number of benzene rings is 1. The lowest BCUT2D eigenvalue weighted by molar-refractivity contribution is 0.330. The Hall–Kier alpha value is -1.20. The Labute approximate surface area is 114 Å². The summed E-state index contributed by atoms with van der Waals surface area (Å²) < 4.78 is 0. The molecule has 1 N–H and O–H groups in total. The fourth-order valence-corrected chi connectivity index (χ4v) is 2.91. The molecule has 0 radical (unpaired) electrons. The van der Waals surface area contributed by atoms with Gasteiger partial charge in [0.15, 0.2) is 0 Å². The second kappa shape index (κ2) is 6.11. The van der Waals surface area contributed by atoms with Crippen molar-refractivity contribution in [2.24, 2.45) is 5.92 Å². The standard InChI is InChI=1S/C15H19ClN2/c1-2-11-6-8-12(9-7-11)18-15-5-3-4-14(16)13(15)10-17/h3-5,11-12,18H,2,6-9H2,1H3. The van der Waals surface area contributed by atoms with Crippen LogP contribution in [0, 0.1) is 17.2 Å². The SMILES string of the molecule is CCC1CCC(Nc2cccc(Cl)c2C#N)CC1. The topological polar surface area (TPSA) is 35.8 Å². The molecule has 0 unspecified atom stereocenters. The molecule has 0 aromatic heterocycles. The number of halogens is 1. The van der Waals surface area contributed by atoms with Crippen LogP contribution in [0.25, 0.3) is 0 Å². The minimum Gasteiger partial charge on any atom is -0.381 e. The van der Waals surface area contributed by atoms with Crippen molar-refractivity contribution in [3.63, 3.8) is 0 Å². The molecule has 0 heterocycles. The van der Waals surface area contributed by atoms with E-state index in [1.165, 1.54) is 32.1 Å². The first-order chi connectivity index (χ1) is 8.74. The van der Waals surface area contributed by atoms with Crippen molar-refractivity contribution >= 4 is 17.3 Å². The first kappa shape index (κ1) is 13.2. The fraction of sp³-hybridized carbons (Fsp3) is 0.533. The van der Waals surface area contributed by atoms with E-state index in [0.29, 0.717) is 16.6 Å². The molecule has 18 heavy (non-hydrogen) atoms. The molecule has 1 fully saturated rings. The molecule has 0 spiro atoms. The lowest BCUT2D eigenvalue weighted by Gasteiger charge is -2.29. The van der Waals surface area contributed by atoms with E-state index in [0.717, 1.165) is 11.6 Å². The van der Waals surface area contributed by atoms with Gasteiger partial charge in [0.1, 0.15) is 6.07 Å². The highest BCUT2D eigenvalue weighted by molar-refractivity contribution is 6.32. The van der Waals surface area contributed by atoms with Crippen LogP contribution in [0.3, 0.4) is 0 Å². The summed E-state index contributed by atoms with van der Waals surface area (Å²) in [6.45, 7) is 2.27. The van der Waals surface area contributed by atoms with Gasteiger partial charge < -0.3 is 5.32 Å². The lowest BCUT2D eigenvalue weighted by Crippen LogP contribution is -2.26. The number of rotatable bonds is 3. The molecule has 1 aliphatic rings. The monoisotopic (exact) mass is 262 g/mol. The minimum atomic E-state index is 0.485. The third-order valence-corrected chi connectivity index (χ3v) is 4.22. The molecule has 0 atom stereocenters. The Morgan fingerprint density at radius 2 is 2.06 bits per heavy atom. The first-order valence-corrected chi connectivity index (χ1v) is 7.07. The van der Waals surface area contributed by atoms with Crippen LogP contribution in [-0.2, 0) is 0 Å². The average Bonchev–Trinajstić information content (AvgIpc) is 2.40. The summed E-state index contributed by atoms with van der Waals surface area (Å²) in [5, 5.41) is 13.1. The quantitative estimate of drug-likeness (QED) is 0.865. The van der Waals surface area contributed by atoms with Gasteiger partial charge in [0.25, 0.3) is 0 Å². The molecule has 2 nitrogen and oxygen atoms in total. The van der Waals surface area contributed by atoms with Gasteiger partial charge in [-0.3, -0.25) is 0 Å². The summed E-state index contributed by atoms with van der Waals surface area (Å²) in [6.07, 6.45) is 6.24. The van der Waals surface area contributed by atoms with E-state index in [-0.39, 0.29) is 0 Å². The van der Waals surface area contributed by atoms with Crippen LogP contribution in [0.4, 0.5) is 5.69 Å². The Bertz CT molecular complexity index is 442. The molecule has 1 saturated carbocycles. The summed E-state index contributed by atoms with van der Waals surface area (Å²) >= 11 is 6.03. The molecule has 1 aromatic rings. The maximum absolute atomic E-state index is 9.13. The molecule has 0 saturated heterocycles. The van der Waals surface area contributed by atoms with Crippen LogP contribution in [-0.4, -0.2) is 6.04 Å². The number of hydrogen-bond donors (Lipinski definition) is 1. The summed E-state index contributed by atoms with van der Waals surface area (Å²) in [4.78, 5) is 0. The maximum atomic E-state index is 9.13. The predicted octanol–water partition coefficient (Wildman–Crippen LogP) is 4.59. The van der Waals surface area contributed by atoms with E-state index in [9.17, 15) is 0 Å². The molecule has 3 heteroatoms. The Kier molecular flexibility index (Phi) is 4.49. The zero-order valence-electron chi connectivity index (χ0n) is 10.7. The van der Waals surface area contributed by atoms with E-state index < -0.39 is 0 Å². The molecule has 96 valence electrons. The van der Waals surface area contributed by atoms with Gasteiger partial charge in [0.2, 0.25) is 0 Å². The summed E-state index contributed by atoms with van der Waals surface area (Å²) in [5.74, 6) is 0.887. The minimum absolute atomic E-state index is 0.485. The number of nitriles is 1. The predicted molar refractivity (Wildman–Crippen MR) is 75.8 cm³/mol. The maximum Gasteiger partial charge on any atom is 0.103 e. The third-order valence-electron chi connectivity index (χ3n) is 3.91. The molecule has 0 amide bonds. The van der Waals surface area contributed by atoms with Gasteiger partial charge >= 0.3 is 0 Å². The van der Waals surface area contributed by atoms with Gasteiger partial charge in [-0.1, -0.05) is 31.0 Å². The summed E-state index contributed by atoms with van der Waals surface area (Å²) in [6, 6.07) is 8.26. The van der Waals surface area contributed by atoms with Crippen LogP contribution in [0.2, 0.25) is 5.02 Å². The second-order valence-corrected chi connectivity index (χ2v) is 5.45. The van der Waals surface area contributed by atoms with Crippen molar-refractivity contribution in [1.82, 2.24) is 0 Å². The van der Waals surface area contributed by atoms with Gasteiger partial charge in [0, 0.05) is 6.04 Å². The van der Waals surface area contributed by atoms with E-state index >= 15 is 0 Å². The summed E-state index contributed by atoms with van der Waals surface area (Å²) in [5.41, 5.74) is 1.45. The number of hydrogen-bond acceptors (Lipinski definition) is 2. The Morgan fingerprint density at radius 1 is 1.33 bits per heavy atom. The van der Waals surface area contributed by atoms with Crippen LogP contribution >= 0.6 is 11.6 Å². The largest absolute Gasteiger partial charge is 0.381 e. The van der Waals surface area contributed by atoms with Gasteiger partial charge in [0.05, 0.1) is 16.3 Å². The van der Waals surface area contributed by atoms with E-state index in [1.807, 2.05) is 12.1 Å². The molecule has 0 aliphatic heterocycles. The van der Waals surface area contributed by atoms with E-state index in [2.05, 4.69) is 18.3 Å². The molecule has 0 bridgehead atoms. The number of anilines is 1. The van der Waals surface area contributed by atoms with Crippen LogP contribution in [0.1, 0.15) is 44.6 Å². The molecular formula is C15H19ClN2. The van der Waals surface area contributed by atoms with Gasteiger partial charge in [-0.2, -0.15) is 5.26 Å². The number of nitrogens with one attached hydrogen (secondary N) is 1. The fourth-order valence-electron chi connectivity index (χ4n) is 2.69. The van der Waals surface area contributed by atoms with Gasteiger partial charge in [-0.05, 0) is 43.7 Å². The Balaban J connectivity index is 2.03. The highest BCUT2D eigenvalue weighted by atomic mass is 35.5. The highest BCUT2D eigenvalue weighted by Crippen LogP contribution is 2.30. The first-order valence-electron chi connectivity index (χ1n) is 6.69. The van der Waals surface area contributed by atoms with Crippen molar-refractivity contribution in [1.29, 1.82) is 5.26 Å². The van der Waals surface area contributed by atoms with E-state index in [4.69, 9.17) is 16.9 Å². The van der Waals surface area contributed by atoms with Crippen LogP contribution in [0.15, 0.2) is 18.2 Å². The summed E-state index contributed by atoms with van der Waals surface area (Å²) in [7, 11) is 0. The molecule has 2 rings (SSSR count). The van der Waals surface area contributed by atoms with Crippen molar-refractivity contribution in [3.05, 3.63) is 28.8 Å². The molecule has 1 aliphatic carbocycles. The van der Waals surface area contributed by atoms with Crippen molar-refractivity contribution in [2.75, 3.05) is 5.32 Å². The van der Waals surface area contributed by atoms with Crippen molar-refractivity contribution in [3.8, 4) is 6.07 Å². The van der Waals surface area contributed by atoms with Crippen molar-refractivity contribution < 1.29 is 0 Å². The molecule has 1 aromatic carbocycles. The van der Waals surface area contributed by atoms with Gasteiger partial charge in [-0.25, -0.2) is 0 Å². The smallest absolute Gasteiger partial charge is 0.103 e. The molecular weight excluding hydrogens is 244 g/mol. The third kappa shape index (κ3) is 2.97. The van der Waals surface area contributed by atoms with Gasteiger partial charge in [-0.15, -0.1) is 0 Å². The average molecular weight is 263 g/mol. The lowest BCUT2D eigenvalue weighted by atomic mass is 9.84. The Morgan fingerprint density at radius 3 is 2.67 bits per heavy atom. The second-order valence-electron chi connectivity index (χ2n) is 5.04. The zero-order valence-corrected chi connectivity index (χ0v) is 11.5. The number of nitrogens with zero attached hydrogens (tertiary/aromatic N) is 1. The van der Waals surface area contributed by atoms with Crippen molar-refractivity contribution in [2.45, 2.75) is 45.1 Å². The highest BCUT2D eigenvalue weighted by Gasteiger charge is 2.20. The van der Waals surface area contributed by atoms with Crippen LogP contribution in [0.5, 0.6) is 0 Å². The normalized spacial score (nSPS) is 23.4. The van der Waals surface area contributed by atoms with Crippen LogP contribution < -0.4 is 5.32 Å². The van der Waals surface area contributed by atoms with E-state index in [1.54, 1.807) is 6.07 Å². The zero-order chi connectivity index (χ0) is 13.0.